The molecule has 4 aliphatic carbocycles. The van der Waals surface area contributed by atoms with Gasteiger partial charge < -0.3 is 29.9 Å². The molecular weight excluding hydrogens is 709 g/mol. The fourth-order valence-electron chi connectivity index (χ4n) is 10.3. The van der Waals surface area contributed by atoms with Crippen LogP contribution >= 0.6 is 0 Å². The number of benzene rings is 1. The molecule has 1 unspecified atom stereocenters. The van der Waals surface area contributed by atoms with E-state index in [1.165, 1.54) is 18.1 Å². The van der Waals surface area contributed by atoms with E-state index >= 15 is 0 Å². The van der Waals surface area contributed by atoms with Crippen molar-refractivity contribution in [3.05, 3.63) is 83.5 Å². The minimum absolute atomic E-state index is 0.0456. The fourth-order valence-corrected chi connectivity index (χ4v) is 10.3. The van der Waals surface area contributed by atoms with E-state index in [1.54, 1.807) is 0 Å². The molecule has 1 aromatic carbocycles. The molecule has 0 aliphatic heterocycles. The van der Waals surface area contributed by atoms with E-state index in [-0.39, 0.29) is 72.5 Å². The maximum Gasteiger partial charge on any atom is 0.306 e. The van der Waals surface area contributed by atoms with Gasteiger partial charge in [0.15, 0.2) is 5.78 Å². The predicted octanol–water partition coefficient (Wildman–Crippen LogP) is 7.31. The number of aliphatic hydroxyl groups is 4. The highest BCUT2D eigenvalue weighted by atomic mass is 16.5. The number of carbonyl (C=O) groups excluding carboxylic acids is 3. The van der Waals surface area contributed by atoms with Crippen LogP contribution in [0.2, 0.25) is 0 Å². The Morgan fingerprint density at radius 1 is 1.02 bits per heavy atom. The van der Waals surface area contributed by atoms with Gasteiger partial charge in [-0.1, -0.05) is 85.7 Å². The van der Waals surface area contributed by atoms with E-state index in [0.29, 0.717) is 44.4 Å². The van der Waals surface area contributed by atoms with Gasteiger partial charge in [-0.15, -0.1) is 0 Å². The van der Waals surface area contributed by atoms with E-state index in [9.17, 15) is 34.8 Å². The number of carbonyl (C=O) groups is 3. The molecule has 2 saturated carbocycles. The molecule has 2 fully saturated rings. The summed E-state index contributed by atoms with van der Waals surface area (Å²) in [6, 6.07) is 9.99. The highest BCUT2D eigenvalue weighted by Gasteiger charge is 2.51. The molecule has 0 spiro atoms. The van der Waals surface area contributed by atoms with Gasteiger partial charge in [0, 0.05) is 44.1 Å². The monoisotopic (exact) mass is 774 g/mol. The van der Waals surface area contributed by atoms with Crippen LogP contribution in [0.4, 0.5) is 0 Å². The summed E-state index contributed by atoms with van der Waals surface area (Å²) in [7, 11) is 0. The van der Waals surface area contributed by atoms with Crippen LogP contribution in [0.25, 0.3) is 0 Å². The summed E-state index contributed by atoms with van der Waals surface area (Å²) < 4.78 is 11.0. The lowest BCUT2D eigenvalue weighted by Crippen LogP contribution is -2.46. The number of hydrogen-bond donors (Lipinski definition) is 4. The molecule has 9 nitrogen and oxygen atoms in total. The number of allylic oxidation sites excluding steroid dienone is 5. The predicted molar refractivity (Wildman–Crippen MR) is 216 cm³/mol. The molecule has 9 heteroatoms. The summed E-state index contributed by atoms with van der Waals surface area (Å²) in [5.41, 5.74) is 3.61. The number of Topliss-reactive ketones (excluding diaryl/α,β-unsaturated/α-hetero) is 1. The number of hydrogen-bond acceptors (Lipinski definition) is 9. The average Bonchev–Trinajstić information content (AvgIpc) is 3.43. The first-order valence-electron chi connectivity index (χ1n) is 21.1. The van der Waals surface area contributed by atoms with Crippen molar-refractivity contribution in [3.63, 3.8) is 0 Å². The third kappa shape index (κ3) is 11.4. The number of unbranched alkanes of at least 4 members (excludes halogenated alkanes) is 1. The molecule has 0 saturated heterocycles. The first kappa shape index (κ1) is 43.7. The van der Waals surface area contributed by atoms with Gasteiger partial charge >= 0.3 is 11.9 Å². The van der Waals surface area contributed by atoms with Gasteiger partial charge in [0.1, 0.15) is 12.7 Å². The van der Waals surface area contributed by atoms with Gasteiger partial charge in [0.25, 0.3) is 0 Å². The zero-order valence-electron chi connectivity index (χ0n) is 33.8. The molecule has 56 heavy (non-hydrogen) atoms. The number of fused-ring (bicyclic) bond motifs is 3. The zero-order chi connectivity index (χ0) is 40.3. The number of esters is 2. The van der Waals surface area contributed by atoms with Gasteiger partial charge in [0.2, 0.25) is 0 Å². The summed E-state index contributed by atoms with van der Waals surface area (Å²) in [6.45, 7) is 5.77. The normalized spacial score (nSPS) is 32.0. The van der Waals surface area contributed by atoms with Crippen LogP contribution in [-0.4, -0.2) is 75.8 Å². The second kappa shape index (κ2) is 20.4. The second-order valence-electron chi connectivity index (χ2n) is 17.4. The fraction of sp³-hybridized carbons (Fsp3) is 0.638. The minimum Gasteiger partial charge on any atom is -0.458 e. The Morgan fingerprint density at radius 2 is 1.80 bits per heavy atom. The molecule has 5 rings (SSSR count). The Balaban J connectivity index is 1.06. The standard InChI is InChI=1S/C47H66O9/c1-32(49)56-37(19-17-33-12-7-6-8-13-33)20-22-39-38(43(52)29-44(39)53)14-9-4-5-10-16-45(54)55-31-36(51)30-46(2)25-24-42-40(41(46)15-11-27-48)21-18-34-28-35(50)23-26-47(34,42)3/h4,6-9,12-13,20,22,24,28,35,37-41,43-44,48,50,52-53H,5,10-11,14-19,21,23,25-27,29-31H2,1-3H3/b9-4-,22-20+/t35?,37-,38+,39+,40-,41-,43-,44+,46+,47-/m0/s1. The van der Waals surface area contributed by atoms with E-state index in [1.807, 2.05) is 54.6 Å². The molecule has 0 aromatic heterocycles. The smallest absolute Gasteiger partial charge is 0.306 e. The van der Waals surface area contributed by atoms with Crippen molar-refractivity contribution >= 4 is 17.7 Å². The molecule has 0 heterocycles. The van der Waals surface area contributed by atoms with E-state index in [4.69, 9.17) is 9.47 Å². The van der Waals surface area contributed by atoms with Crippen LogP contribution < -0.4 is 0 Å². The Bertz CT molecular complexity index is 1600. The maximum absolute atomic E-state index is 13.3. The average molecular weight is 775 g/mol. The molecule has 0 radical (unpaired) electrons. The van der Waals surface area contributed by atoms with Gasteiger partial charge in [-0.25, -0.2) is 0 Å². The lowest BCUT2D eigenvalue weighted by atomic mass is 9.50. The number of ether oxygens (including phenoxy) is 2. The second-order valence-corrected chi connectivity index (χ2v) is 17.4. The maximum atomic E-state index is 13.3. The Kier molecular flexibility index (Phi) is 15.9. The molecule has 10 atom stereocenters. The van der Waals surface area contributed by atoms with E-state index in [0.717, 1.165) is 50.5 Å². The van der Waals surface area contributed by atoms with Crippen LogP contribution in [0.1, 0.15) is 116 Å². The minimum atomic E-state index is -0.695. The molecule has 0 amide bonds. The van der Waals surface area contributed by atoms with E-state index in [2.05, 4.69) is 26.0 Å². The van der Waals surface area contributed by atoms with Crippen molar-refractivity contribution in [1.29, 1.82) is 0 Å². The number of rotatable bonds is 19. The Morgan fingerprint density at radius 3 is 2.55 bits per heavy atom. The topological polar surface area (TPSA) is 151 Å². The zero-order valence-corrected chi connectivity index (χ0v) is 33.8. The van der Waals surface area contributed by atoms with Crippen LogP contribution in [0, 0.1) is 34.5 Å². The first-order valence-corrected chi connectivity index (χ1v) is 21.1. The van der Waals surface area contributed by atoms with Gasteiger partial charge in [-0.2, -0.15) is 0 Å². The first-order chi connectivity index (χ1) is 26.8. The summed E-state index contributed by atoms with van der Waals surface area (Å²) in [4.78, 5) is 37.7. The Labute approximate surface area is 334 Å². The molecule has 1 aromatic rings. The van der Waals surface area contributed by atoms with Gasteiger partial charge in [0.05, 0.1) is 18.3 Å². The van der Waals surface area contributed by atoms with Gasteiger partial charge in [-0.05, 0) is 112 Å². The van der Waals surface area contributed by atoms with Gasteiger partial charge in [-0.3, -0.25) is 14.4 Å². The third-order valence-electron chi connectivity index (χ3n) is 13.3. The van der Waals surface area contributed by atoms with E-state index < -0.39 is 24.3 Å². The van der Waals surface area contributed by atoms with Crippen molar-refractivity contribution in [2.45, 2.75) is 141 Å². The molecule has 4 N–H and O–H groups in total. The highest BCUT2D eigenvalue weighted by molar-refractivity contribution is 5.83. The summed E-state index contributed by atoms with van der Waals surface area (Å²) in [5, 5.41) is 41.5. The lowest BCUT2D eigenvalue weighted by Gasteiger charge is -2.55. The number of aliphatic hydroxyl groups excluding tert-OH is 4. The van der Waals surface area contributed by atoms with Crippen LogP contribution in [0.5, 0.6) is 0 Å². The molecule has 0 bridgehead atoms. The molecular formula is C47H66O9. The molecule has 4 aliphatic rings. The summed E-state index contributed by atoms with van der Waals surface area (Å²) >= 11 is 0. The summed E-state index contributed by atoms with van der Waals surface area (Å²) in [5.74, 6) is -0.726. The van der Waals surface area contributed by atoms with Crippen molar-refractivity contribution < 1.29 is 44.3 Å². The largest absolute Gasteiger partial charge is 0.458 e. The number of aryl methyl sites for hydroxylation is 1. The van der Waals surface area contributed by atoms with Crippen LogP contribution in [0.15, 0.2) is 77.9 Å². The lowest BCUT2D eigenvalue weighted by molar-refractivity contribution is -0.149. The highest BCUT2D eigenvalue weighted by Crippen LogP contribution is 2.61. The Hall–Kier alpha value is -3.37. The van der Waals surface area contributed by atoms with Crippen LogP contribution in [-0.2, 0) is 30.3 Å². The van der Waals surface area contributed by atoms with Crippen molar-refractivity contribution in [3.8, 4) is 0 Å². The van der Waals surface area contributed by atoms with Crippen molar-refractivity contribution in [2.75, 3.05) is 13.2 Å². The third-order valence-corrected chi connectivity index (χ3v) is 13.3. The van der Waals surface area contributed by atoms with Crippen molar-refractivity contribution in [2.24, 2.45) is 34.5 Å². The quantitative estimate of drug-likeness (QED) is 0.0645. The SMILES string of the molecule is CC(=O)O[C@H](/C=C/[C@@H]1[C@@H](C/C=C\CCCC(=O)OCC(=O)C[C@@]2(C)CC=C3[C@@H](CCC4=CC(O)CC[C@@]43C)[C@@H]2CCCO)[C@@H](O)C[C@H]1O)CCc1ccccc1. The van der Waals surface area contributed by atoms with Crippen LogP contribution in [0.3, 0.4) is 0 Å². The number of ketones is 1. The summed E-state index contributed by atoms with van der Waals surface area (Å²) in [6.07, 6.45) is 19.8. The van der Waals surface area contributed by atoms with Crippen molar-refractivity contribution in [1.82, 2.24) is 0 Å². The molecule has 308 valence electrons.